The van der Waals surface area contributed by atoms with Crippen LogP contribution in [0.5, 0.6) is 0 Å². The first kappa shape index (κ1) is 28.9. The molecule has 0 bridgehead atoms. The molecule has 0 spiro atoms. The van der Waals surface area contributed by atoms with Crippen molar-refractivity contribution in [2.75, 3.05) is 0 Å². The van der Waals surface area contributed by atoms with Gasteiger partial charge in [0.15, 0.2) is 17.5 Å². The Hall–Kier alpha value is -6.53. The molecule has 1 aliphatic heterocycles. The van der Waals surface area contributed by atoms with E-state index in [-0.39, 0.29) is 6.04 Å². The van der Waals surface area contributed by atoms with Gasteiger partial charge >= 0.3 is 0 Å². The highest BCUT2D eigenvalue weighted by atomic mass is 15.0. The molecule has 0 aliphatic carbocycles. The average molecular weight is 619 g/mol. The Kier molecular flexibility index (Phi) is 7.87. The number of rotatable bonds is 7. The van der Waals surface area contributed by atoms with Crippen molar-refractivity contribution in [2.24, 2.45) is 0 Å². The zero-order chi connectivity index (χ0) is 32.1. The van der Waals surface area contributed by atoms with E-state index in [1.165, 1.54) is 0 Å². The van der Waals surface area contributed by atoms with Gasteiger partial charge in [0, 0.05) is 22.3 Å². The third kappa shape index (κ3) is 6.15. The second kappa shape index (κ2) is 13.1. The average Bonchev–Trinajstić information content (AvgIpc) is 3.19. The Morgan fingerprint density at radius 3 is 1.58 bits per heavy atom. The lowest BCUT2D eigenvalue weighted by Gasteiger charge is -2.18. The Balaban J connectivity index is 1.19. The van der Waals surface area contributed by atoms with Gasteiger partial charge < -0.3 is 5.32 Å². The third-order valence-corrected chi connectivity index (χ3v) is 8.19. The van der Waals surface area contributed by atoms with Gasteiger partial charge in [-0.25, -0.2) is 24.9 Å². The van der Waals surface area contributed by atoms with E-state index in [0.29, 0.717) is 17.5 Å². The van der Waals surface area contributed by atoms with Crippen LogP contribution in [0.25, 0.3) is 67.9 Å². The van der Waals surface area contributed by atoms with Gasteiger partial charge in [-0.3, -0.25) is 0 Å². The summed E-state index contributed by atoms with van der Waals surface area (Å²) in [6, 6.07) is 48.9. The van der Waals surface area contributed by atoms with Crippen molar-refractivity contribution < 1.29 is 0 Å². The van der Waals surface area contributed by atoms with E-state index < -0.39 is 0 Å². The van der Waals surface area contributed by atoms with Crippen molar-refractivity contribution in [1.82, 2.24) is 30.2 Å². The van der Waals surface area contributed by atoms with Crippen LogP contribution in [-0.2, 0) is 0 Å². The lowest BCUT2D eigenvalue weighted by Crippen LogP contribution is -2.16. The zero-order valence-corrected chi connectivity index (χ0v) is 26.0. The molecular weight excluding hydrogens is 589 g/mol. The van der Waals surface area contributed by atoms with Gasteiger partial charge in [0.1, 0.15) is 0 Å². The molecule has 1 aliphatic rings. The quantitative estimate of drug-likeness (QED) is 0.192. The van der Waals surface area contributed by atoms with Crippen molar-refractivity contribution in [3.8, 4) is 67.9 Å². The number of allylic oxidation sites excluding steroid dienone is 2. The Labute approximate surface area is 279 Å². The van der Waals surface area contributed by atoms with Gasteiger partial charge in [-0.05, 0) is 53.7 Å². The van der Waals surface area contributed by atoms with Crippen LogP contribution in [0.1, 0.15) is 11.7 Å². The van der Waals surface area contributed by atoms with Crippen molar-refractivity contribution >= 4 is 0 Å². The Morgan fingerprint density at radius 2 is 0.938 bits per heavy atom. The normalized spacial score (nSPS) is 13.6. The molecule has 228 valence electrons. The molecule has 6 nitrogen and oxygen atoms in total. The fourth-order valence-electron chi connectivity index (χ4n) is 5.76. The SMILES string of the molecule is C1=CNC(c2cc(-c3ccccc3)cc(-c3cccc(-c4cccc(-c5nc(-c6ccccc6)nc(-c6ccccc6)n5)c4)n3)n2)C=C1. The van der Waals surface area contributed by atoms with E-state index >= 15 is 0 Å². The standard InChI is InChI=1S/C42H30N6/c1-4-14-29(15-5-1)34-27-38(36-22-10-11-25-43-36)45-39(28-34)37-24-13-23-35(44-37)32-20-12-21-33(26-32)42-47-40(30-16-6-2-7-17-30)46-41(48-42)31-18-8-3-9-19-31/h1-28,36,43H. The second-order valence-electron chi connectivity index (χ2n) is 11.4. The van der Waals surface area contributed by atoms with Crippen molar-refractivity contribution in [3.63, 3.8) is 0 Å². The van der Waals surface area contributed by atoms with Crippen LogP contribution in [0.3, 0.4) is 0 Å². The number of dihydropyridines is 1. The van der Waals surface area contributed by atoms with E-state index in [9.17, 15) is 0 Å². The molecule has 3 aromatic heterocycles. The predicted octanol–water partition coefficient (Wildman–Crippen LogP) is 9.38. The summed E-state index contributed by atoms with van der Waals surface area (Å²) in [6.07, 6.45) is 8.09. The van der Waals surface area contributed by atoms with Gasteiger partial charge in [-0.1, -0.05) is 127 Å². The fraction of sp³-hybridized carbons (Fsp3) is 0.0238. The summed E-state index contributed by atoms with van der Waals surface area (Å²) in [5, 5.41) is 3.41. The molecule has 0 saturated carbocycles. The summed E-state index contributed by atoms with van der Waals surface area (Å²) in [5.41, 5.74) is 9.30. The summed E-state index contributed by atoms with van der Waals surface area (Å²) < 4.78 is 0. The lowest BCUT2D eigenvalue weighted by atomic mass is 10.0. The topological polar surface area (TPSA) is 76.5 Å². The molecule has 7 aromatic rings. The smallest absolute Gasteiger partial charge is 0.164 e. The van der Waals surface area contributed by atoms with E-state index in [1.807, 2.05) is 115 Å². The monoisotopic (exact) mass is 618 g/mol. The number of aromatic nitrogens is 5. The first-order valence-electron chi connectivity index (χ1n) is 15.9. The molecule has 1 atom stereocenters. The van der Waals surface area contributed by atoms with Crippen LogP contribution in [0.15, 0.2) is 170 Å². The molecule has 1 N–H and O–H groups in total. The maximum Gasteiger partial charge on any atom is 0.164 e. The van der Waals surface area contributed by atoms with Crippen LogP contribution in [-0.4, -0.2) is 24.9 Å². The first-order valence-corrected chi connectivity index (χ1v) is 15.9. The molecule has 0 radical (unpaired) electrons. The highest BCUT2D eigenvalue weighted by molar-refractivity contribution is 5.74. The zero-order valence-electron chi connectivity index (χ0n) is 26.0. The fourth-order valence-corrected chi connectivity index (χ4v) is 5.76. The van der Waals surface area contributed by atoms with Gasteiger partial charge in [0.2, 0.25) is 0 Å². The first-order chi connectivity index (χ1) is 23.8. The molecule has 1 unspecified atom stereocenters. The largest absolute Gasteiger partial charge is 0.379 e. The van der Waals surface area contributed by atoms with Crippen molar-refractivity contribution in [1.29, 1.82) is 0 Å². The summed E-state index contributed by atoms with van der Waals surface area (Å²) in [7, 11) is 0. The minimum absolute atomic E-state index is 0.0285. The number of pyridine rings is 2. The van der Waals surface area contributed by atoms with Crippen LogP contribution in [0.4, 0.5) is 0 Å². The second-order valence-corrected chi connectivity index (χ2v) is 11.4. The highest BCUT2D eigenvalue weighted by Crippen LogP contribution is 2.31. The molecule has 0 amide bonds. The number of hydrogen-bond acceptors (Lipinski definition) is 6. The molecular formula is C42H30N6. The number of hydrogen-bond donors (Lipinski definition) is 1. The van der Waals surface area contributed by atoms with Crippen molar-refractivity contribution in [3.05, 3.63) is 176 Å². The van der Waals surface area contributed by atoms with Crippen LogP contribution in [0.2, 0.25) is 0 Å². The maximum atomic E-state index is 5.13. The summed E-state index contributed by atoms with van der Waals surface area (Å²) >= 11 is 0. The number of nitrogens with zero attached hydrogens (tertiary/aromatic N) is 5. The summed E-state index contributed by atoms with van der Waals surface area (Å²) in [6.45, 7) is 0. The highest BCUT2D eigenvalue weighted by Gasteiger charge is 2.16. The molecule has 6 heteroatoms. The van der Waals surface area contributed by atoms with E-state index in [1.54, 1.807) is 0 Å². The van der Waals surface area contributed by atoms with Gasteiger partial charge in [-0.2, -0.15) is 0 Å². The van der Waals surface area contributed by atoms with E-state index in [0.717, 1.165) is 56.2 Å². The van der Waals surface area contributed by atoms with Crippen LogP contribution >= 0.6 is 0 Å². The molecule has 0 fully saturated rings. The number of benzene rings is 4. The Morgan fingerprint density at radius 1 is 0.375 bits per heavy atom. The Bertz CT molecular complexity index is 2210. The van der Waals surface area contributed by atoms with E-state index in [2.05, 4.69) is 59.9 Å². The van der Waals surface area contributed by atoms with Crippen molar-refractivity contribution in [2.45, 2.75) is 6.04 Å². The number of nitrogens with one attached hydrogen (secondary N) is 1. The van der Waals surface area contributed by atoms with Crippen LogP contribution < -0.4 is 5.32 Å². The third-order valence-electron chi connectivity index (χ3n) is 8.19. The summed E-state index contributed by atoms with van der Waals surface area (Å²) in [4.78, 5) is 24.9. The molecule has 48 heavy (non-hydrogen) atoms. The van der Waals surface area contributed by atoms with Crippen LogP contribution in [0, 0.1) is 0 Å². The maximum absolute atomic E-state index is 5.13. The minimum Gasteiger partial charge on any atom is -0.379 e. The minimum atomic E-state index is -0.0285. The molecule has 0 saturated heterocycles. The molecule has 4 aromatic carbocycles. The lowest BCUT2D eigenvalue weighted by molar-refractivity contribution is 0.722. The van der Waals surface area contributed by atoms with Gasteiger partial charge in [0.25, 0.3) is 0 Å². The summed E-state index contributed by atoms with van der Waals surface area (Å²) in [5.74, 6) is 1.86. The van der Waals surface area contributed by atoms with Gasteiger partial charge in [0.05, 0.1) is 28.8 Å². The van der Waals surface area contributed by atoms with Gasteiger partial charge in [-0.15, -0.1) is 0 Å². The molecule has 8 rings (SSSR count). The predicted molar refractivity (Wildman–Crippen MR) is 192 cm³/mol. The molecule has 4 heterocycles. The van der Waals surface area contributed by atoms with E-state index in [4.69, 9.17) is 24.9 Å².